The molecule has 1 N–H and O–H groups in total. The van der Waals surface area contributed by atoms with E-state index in [1.54, 1.807) is 6.33 Å². The van der Waals surface area contributed by atoms with Crippen LogP contribution in [0, 0.1) is 0 Å². The number of carbonyl (C=O) groups excluding carboxylic acids is 1. The van der Waals surface area contributed by atoms with Gasteiger partial charge in [0.05, 0.1) is 12.3 Å². The molecule has 1 aliphatic carbocycles. The Labute approximate surface area is 143 Å². The number of benzene rings is 1. The van der Waals surface area contributed by atoms with Gasteiger partial charge in [0.15, 0.2) is 16.7 Å². The minimum Gasteiger partial charge on any atom is -0.486 e. The molecule has 0 bridgehead atoms. The SMILES string of the molecule is O=C(CSc1nncn1C1CC1)NCC1COc2ccccc2O1. The fourth-order valence-corrected chi connectivity index (χ4v) is 3.32. The number of nitrogens with one attached hydrogen (secondary N) is 1. The van der Waals surface area contributed by atoms with Crippen LogP contribution in [0.25, 0.3) is 0 Å². The van der Waals surface area contributed by atoms with E-state index in [-0.39, 0.29) is 12.0 Å². The Balaban J connectivity index is 1.23. The van der Waals surface area contributed by atoms with Gasteiger partial charge in [-0.1, -0.05) is 23.9 Å². The molecule has 1 amide bonds. The molecule has 8 heteroatoms. The second-order valence-electron chi connectivity index (χ2n) is 5.84. The Morgan fingerprint density at radius 1 is 1.33 bits per heavy atom. The van der Waals surface area contributed by atoms with Crippen LogP contribution in [-0.4, -0.2) is 45.7 Å². The summed E-state index contributed by atoms with van der Waals surface area (Å²) in [5.74, 6) is 1.73. The molecule has 0 radical (unpaired) electrons. The predicted octanol–water partition coefficient (Wildman–Crippen LogP) is 1.66. The summed E-state index contributed by atoms with van der Waals surface area (Å²) >= 11 is 1.41. The molecular formula is C16H18N4O3S. The third kappa shape index (κ3) is 3.48. The minimum atomic E-state index is -0.177. The van der Waals surface area contributed by atoms with Crippen molar-refractivity contribution in [2.24, 2.45) is 0 Å². The van der Waals surface area contributed by atoms with Gasteiger partial charge in [-0.15, -0.1) is 10.2 Å². The first-order valence-electron chi connectivity index (χ1n) is 7.97. The molecule has 0 spiro atoms. The van der Waals surface area contributed by atoms with Crippen molar-refractivity contribution in [2.75, 3.05) is 18.9 Å². The molecule has 1 saturated carbocycles. The van der Waals surface area contributed by atoms with E-state index in [2.05, 4.69) is 15.5 Å². The smallest absolute Gasteiger partial charge is 0.230 e. The van der Waals surface area contributed by atoms with Crippen molar-refractivity contribution in [1.29, 1.82) is 0 Å². The summed E-state index contributed by atoms with van der Waals surface area (Å²) in [5.41, 5.74) is 0. The Kier molecular flexibility index (Phi) is 4.29. The number of hydrogen-bond acceptors (Lipinski definition) is 6. The van der Waals surface area contributed by atoms with E-state index in [4.69, 9.17) is 9.47 Å². The lowest BCUT2D eigenvalue weighted by Crippen LogP contribution is -2.41. The van der Waals surface area contributed by atoms with Gasteiger partial charge in [0, 0.05) is 6.04 Å². The number of amides is 1. The number of hydrogen-bond donors (Lipinski definition) is 1. The first-order chi connectivity index (χ1) is 11.8. The zero-order valence-electron chi connectivity index (χ0n) is 13.1. The van der Waals surface area contributed by atoms with E-state index < -0.39 is 0 Å². The zero-order chi connectivity index (χ0) is 16.4. The largest absolute Gasteiger partial charge is 0.486 e. The fraction of sp³-hybridized carbons (Fsp3) is 0.438. The van der Waals surface area contributed by atoms with Crippen molar-refractivity contribution in [1.82, 2.24) is 20.1 Å². The van der Waals surface area contributed by atoms with Gasteiger partial charge in [-0.25, -0.2) is 0 Å². The summed E-state index contributed by atoms with van der Waals surface area (Å²) in [4.78, 5) is 12.0. The summed E-state index contributed by atoms with van der Waals surface area (Å²) in [6.07, 6.45) is 3.89. The number of thioether (sulfide) groups is 1. The minimum absolute atomic E-state index is 0.0483. The highest BCUT2D eigenvalue weighted by Gasteiger charge is 2.26. The average Bonchev–Trinajstić information content (AvgIpc) is 3.36. The Bertz CT molecular complexity index is 732. The molecule has 1 aromatic heterocycles. The molecule has 2 aromatic rings. The molecule has 126 valence electrons. The van der Waals surface area contributed by atoms with Gasteiger partial charge < -0.3 is 19.4 Å². The van der Waals surface area contributed by atoms with Crippen LogP contribution < -0.4 is 14.8 Å². The topological polar surface area (TPSA) is 78.3 Å². The van der Waals surface area contributed by atoms with Crippen LogP contribution in [0.5, 0.6) is 11.5 Å². The van der Waals surface area contributed by atoms with Gasteiger partial charge >= 0.3 is 0 Å². The van der Waals surface area contributed by atoms with Crippen molar-refractivity contribution in [3.8, 4) is 11.5 Å². The van der Waals surface area contributed by atoms with E-state index in [1.807, 2.05) is 28.8 Å². The molecule has 1 unspecified atom stereocenters. The molecule has 4 rings (SSSR count). The first kappa shape index (κ1) is 15.3. The molecular weight excluding hydrogens is 328 g/mol. The van der Waals surface area contributed by atoms with Crippen LogP contribution in [0.15, 0.2) is 35.7 Å². The Morgan fingerprint density at radius 2 is 2.17 bits per heavy atom. The number of rotatable bonds is 6. The Hall–Kier alpha value is -2.22. The van der Waals surface area contributed by atoms with E-state index >= 15 is 0 Å². The van der Waals surface area contributed by atoms with E-state index in [1.165, 1.54) is 11.8 Å². The summed E-state index contributed by atoms with van der Waals surface area (Å²) in [7, 11) is 0. The third-order valence-corrected chi connectivity index (χ3v) is 4.86. The van der Waals surface area contributed by atoms with Crippen LogP contribution in [0.2, 0.25) is 0 Å². The highest BCUT2D eigenvalue weighted by atomic mass is 32.2. The molecule has 1 fully saturated rings. The lowest BCUT2D eigenvalue weighted by molar-refractivity contribution is -0.119. The maximum absolute atomic E-state index is 12.0. The fourth-order valence-electron chi connectivity index (χ4n) is 2.51. The molecule has 24 heavy (non-hydrogen) atoms. The van der Waals surface area contributed by atoms with Crippen molar-refractivity contribution < 1.29 is 14.3 Å². The first-order valence-corrected chi connectivity index (χ1v) is 8.95. The number of carbonyl (C=O) groups is 1. The third-order valence-electron chi connectivity index (χ3n) is 3.91. The van der Waals surface area contributed by atoms with Crippen molar-refractivity contribution in [3.05, 3.63) is 30.6 Å². The Morgan fingerprint density at radius 3 is 3.00 bits per heavy atom. The lowest BCUT2D eigenvalue weighted by Gasteiger charge is -2.26. The quantitative estimate of drug-likeness (QED) is 0.802. The maximum atomic E-state index is 12.0. The van der Waals surface area contributed by atoms with E-state index in [9.17, 15) is 4.79 Å². The second kappa shape index (κ2) is 6.72. The van der Waals surface area contributed by atoms with Gasteiger partial charge in [-0.2, -0.15) is 0 Å². The number of ether oxygens (including phenoxy) is 2. The van der Waals surface area contributed by atoms with Crippen LogP contribution in [0.4, 0.5) is 0 Å². The number of fused-ring (bicyclic) bond motifs is 1. The van der Waals surface area contributed by atoms with Crippen LogP contribution in [0.1, 0.15) is 18.9 Å². The molecule has 0 saturated heterocycles. The highest BCUT2D eigenvalue weighted by Crippen LogP contribution is 2.37. The van der Waals surface area contributed by atoms with Crippen LogP contribution in [-0.2, 0) is 4.79 Å². The number of nitrogens with zero attached hydrogens (tertiary/aromatic N) is 3. The van der Waals surface area contributed by atoms with Gasteiger partial charge in [-0.05, 0) is 25.0 Å². The van der Waals surface area contributed by atoms with Gasteiger partial charge in [0.1, 0.15) is 19.0 Å². The summed E-state index contributed by atoms with van der Waals surface area (Å²) in [6.45, 7) is 0.851. The predicted molar refractivity (Wildman–Crippen MR) is 88.4 cm³/mol. The van der Waals surface area contributed by atoms with Gasteiger partial charge in [0.2, 0.25) is 5.91 Å². The molecule has 7 nitrogen and oxygen atoms in total. The lowest BCUT2D eigenvalue weighted by atomic mass is 10.2. The van der Waals surface area contributed by atoms with Crippen molar-refractivity contribution in [2.45, 2.75) is 30.1 Å². The van der Waals surface area contributed by atoms with E-state index in [0.717, 1.165) is 29.5 Å². The van der Waals surface area contributed by atoms with Crippen molar-refractivity contribution >= 4 is 17.7 Å². The van der Waals surface area contributed by atoms with Crippen LogP contribution in [0.3, 0.4) is 0 Å². The summed E-state index contributed by atoms with van der Waals surface area (Å²) in [6, 6.07) is 8.05. The molecule has 2 aliphatic rings. The second-order valence-corrected chi connectivity index (χ2v) is 6.78. The maximum Gasteiger partial charge on any atom is 0.230 e. The van der Waals surface area contributed by atoms with Crippen molar-refractivity contribution in [3.63, 3.8) is 0 Å². The summed E-state index contributed by atoms with van der Waals surface area (Å²) in [5, 5.41) is 11.7. The number of para-hydroxylation sites is 2. The number of aromatic nitrogens is 3. The van der Waals surface area contributed by atoms with E-state index in [0.29, 0.717) is 24.9 Å². The van der Waals surface area contributed by atoms with Gasteiger partial charge in [0.25, 0.3) is 0 Å². The zero-order valence-corrected chi connectivity index (χ0v) is 13.9. The normalized spacial score (nSPS) is 19.1. The highest BCUT2D eigenvalue weighted by molar-refractivity contribution is 7.99. The molecule has 1 aromatic carbocycles. The molecule has 1 atom stereocenters. The standard InChI is InChI=1S/C16H18N4O3S/c21-15(9-24-16-19-18-10-20(16)11-5-6-11)17-7-12-8-22-13-3-1-2-4-14(13)23-12/h1-4,10-12H,5-9H2,(H,17,21). The molecule has 2 heterocycles. The van der Waals surface area contributed by atoms with Gasteiger partial charge in [-0.3, -0.25) is 4.79 Å². The average molecular weight is 346 g/mol. The summed E-state index contributed by atoms with van der Waals surface area (Å²) < 4.78 is 13.5. The monoisotopic (exact) mass is 346 g/mol. The van der Waals surface area contributed by atoms with Crippen LogP contribution >= 0.6 is 11.8 Å². The molecule has 1 aliphatic heterocycles.